The Morgan fingerprint density at radius 1 is 1.40 bits per heavy atom. The molecule has 30 heavy (non-hydrogen) atoms. The predicted molar refractivity (Wildman–Crippen MR) is 113 cm³/mol. The van der Waals surface area contributed by atoms with Crippen molar-refractivity contribution in [3.63, 3.8) is 0 Å². The second-order valence-electron chi connectivity index (χ2n) is 6.71. The van der Waals surface area contributed by atoms with Crippen molar-refractivity contribution in [1.82, 2.24) is 9.55 Å². The molecule has 8 nitrogen and oxygen atoms in total. The number of anilines is 1. The number of ether oxygens (including phenoxy) is 1. The van der Waals surface area contributed by atoms with Crippen LogP contribution in [0.5, 0.6) is 0 Å². The van der Waals surface area contributed by atoms with Gasteiger partial charge in [0, 0.05) is 28.4 Å². The van der Waals surface area contributed by atoms with Gasteiger partial charge in [0.2, 0.25) is 5.95 Å². The molecule has 0 radical (unpaired) electrons. The summed E-state index contributed by atoms with van der Waals surface area (Å²) in [5, 5.41) is 14.8. The van der Waals surface area contributed by atoms with Crippen molar-refractivity contribution in [2.24, 2.45) is 0 Å². The zero-order chi connectivity index (χ0) is 21.4. The van der Waals surface area contributed by atoms with E-state index >= 15 is 0 Å². The van der Waals surface area contributed by atoms with Crippen LogP contribution in [0.3, 0.4) is 0 Å². The number of nitrogens with one attached hydrogen (secondary N) is 1. The summed E-state index contributed by atoms with van der Waals surface area (Å²) in [7, 11) is 0. The van der Waals surface area contributed by atoms with E-state index < -0.39 is 16.9 Å². The summed E-state index contributed by atoms with van der Waals surface area (Å²) in [6, 6.07) is 10.8. The normalized spacial score (nSPS) is 15.5. The maximum atomic E-state index is 13.0. The van der Waals surface area contributed by atoms with Crippen molar-refractivity contribution in [1.29, 1.82) is 0 Å². The molecule has 0 saturated heterocycles. The molecule has 1 unspecified atom stereocenters. The number of imidazole rings is 1. The molecule has 152 valence electrons. The molecule has 2 aromatic carbocycles. The van der Waals surface area contributed by atoms with Gasteiger partial charge < -0.3 is 10.1 Å². The first-order valence-corrected chi connectivity index (χ1v) is 9.46. The van der Waals surface area contributed by atoms with Crippen LogP contribution >= 0.6 is 11.6 Å². The third-order valence-corrected chi connectivity index (χ3v) is 5.21. The van der Waals surface area contributed by atoms with E-state index in [-0.39, 0.29) is 22.9 Å². The number of nitrogens with zero attached hydrogens (tertiary/aromatic N) is 3. The number of hydrogen-bond donors (Lipinski definition) is 1. The van der Waals surface area contributed by atoms with Crippen LogP contribution in [0, 0.1) is 10.1 Å². The lowest BCUT2D eigenvalue weighted by Gasteiger charge is -2.30. The SMILES string of the molecule is C=CCOC(=O)C1=C(C)Nc2nc3ccccc3n2C1c1cc([N+](=O)[O-])ccc1Cl. The number of carbonyl (C=O) groups excluding carboxylic acids is 1. The minimum Gasteiger partial charge on any atom is -0.458 e. The second kappa shape index (κ2) is 7.64. The third kappa shape index (κ3) is 3.21. The van der Waals surface area contributed by atoms with Crippen molar-refractivity contribution in [3.8, 4) is 0 Å². The summed E-state index contributed by atoms with van der Waals surface area (Å²) in [6.45, 7) is 5.33. The zero-order valence-corrected chi connectivity index (χ0v) is 16.7. The molecule has 9 heteroatoms. The largest absolute Gasteiger partial charge is 0.458 e. The molecular formula is C21H17ClN4O4. The van der Waals surface area contributed by atoms with Crippen LogP contribution in [-0.4, -0.2) is 27.1 Å². The third-order valence-electron chi connectivity index (χ3n) is 4.87. The van der Waals surface area contributed by atoms with Gasteiger partial charge in [-0.25, -0.2) is 9.78 Å². The molecule has 0 saturated carbocycles. The minimum atomic E-state index is -0.765. The summed E-state index contributed by atoms with van der Waals surface area (Å²) in [5.41, 5.74) is 2.54. The number of halogens is 1. The van der Waals surface area contributed by atoms with E-state index in [2.05, 4.69) is 16.9 Å². The number of allylic oxidation sites excluding steroid dienone is 1. The minimum absolute atomic E-state index is 0.0303. The number of para-hydroxylation sites is 2. The maximum absolute atomic E-state index is 13.0. The first-order valence-electron chi connectivity index (χ1n) is 9.09. The summed E-state index contributed by atoms with van der Waals surface area (Å²) in [6.07, 6.45) is 1.47. The van der Waals surface area contributed by atoms with Crippen LogP contribution in [0.15, 0.2) is 66.4 Å². The molecule has 1 atom stereocenters. The van der Waals surface area contributed by atoms with Gasteiger partial charge in [0.15, 0.2) is 0 Å². The van der Waals surface area contributed by atoms with Gasteiger partial charge in [0.25, 0.3) is 5.69 Å². The quantitative estimate of drug-likeness (QED) is 0.278. The van der Waals surface area contributed by atoms with Crippen LogP contribution in [0.1, 0.15) is 18.5 Å². The summed E-state index contributed by atoms with van der Waals surface area (Å²) in [4.78, 5) is 28.5. The van der Waals surface area contributed by atoms with E-state index in [1.807, 2.05) is 24.3 Å². The Balaban J connectivity index is 2.00. The van der Waals surface area contributed by atoms with Crippen LogP contribution < -0.4 is 5.32 Å². The van der Waals surface area contributed by atoms with Crippen molar-refractivity contribution in [2.45, 2.75) is 13.0 Å². The zero-order valence-electron chi connectivity index (χ0n) is 16.0. The smallest absolute Gasteiger partial charge is 0.338 e. The van der Waals surface area contributed by atoms with E-state index in [1.165, 1.54) is 24.3 Å². The van der Waals surface area contributed by atoms with Gasteiger partial charge in [0.1, 0.15) is 6.61 Å². The Morgan fingerprint density at radius 2 is 2.17 bits per heavy atom. The summed E-state index contributed by atoms with van der Waals surface area (Å²) in [5.74, 6) is -0.0718. The number of non-ortho nitro benzene ring substituents is 1. The number of fused-ring (bicyclic) bond motifs is 3. The number of nitro benzene ring substituents is 1. The Bertz CT molecular complexity index is 1230. The van der Waals surface area contributed by atoms with E-state index in [1.54, 1.807) is 11.5 Å². The molecule has 0 spiro atoms. The lowest BCUT2D eigenvalue weighted by atomic mass is 9.94. The summed E-state index contributed by atoms with van der Waals surface area (Å²) < 4.78 is 7.11. The molecule has 2 heterocycles. The number of aromatic nitrogens is 2. The van der Waals surface area contributed by atoms with Gasteiger partial charge in [0.05, 0.1) is 27.6 Å². The number of carbonyl (C=O) groups is 1. The lowest BCUT2D eigenvalue weighted by Crippen LogP contribution is -2.29. The first kappa shape index (κ1) is 19.7. The average Bonchev–Trinajstić information content (AvgIpc) is 3.09. The molecular weight excluding hydrogens is 408 g/mol. The van der Waals surface area contributed by atoms with Crippen molar-refractivity contribution >= 4 is 40.2 Å². The molecule has 0 aliphatic carbocycles. The highest BCUT2D eigenvalue weighted by Crippen LogP contribution is 2.42. The van der Waals surface area contributed by atoms with E-state index in [4.69, 9.17) is 16.3 Å². The maximum Gasteiger partial charge on any atom is 0.338 e. The van der Waals surface area contributed by atoms with Gasteiger partial charge in [-0.2, -0.15) is 0 Å². The molecule has 0 fully saturated rings. The Labute approximate surface area is 176 Å². The van der Waals surface area contributed by atoms with E-state index in [0.29, 0.717) is 22.7 Å². The van der Waals surface area contributed by atoms with Crippen LogP contribution in [0.2, 0.25) is 5.02 Å². The fraction of sp³-hybridized carbons (Fsp3) is 0.143. The second-order valence-corrected chi connectivity index (χ2v) is 7.12. The molecule has 1 N–H and O–H groups in total. The standard InChI is InChI=1S/C21H17ClN4O4/c1-3-10-30-20(27)18-12(2)23-21-24-16-6-4-5-7-17(16)25(21)19(18)14-11-13(26(28)29)8-9-15(14)22/h3-9,11,19H,1,10H2,2H3,(H,23,24). The van der Waals surface area contributed by atoms with Crippen molar-refractivity contribution in [2.75, 3.05) is 11.9 Å². The monoisotopic (exact) mass is 424 g/mol. The van der Waals surface area contributed by atoms with Gasteiger partial charge >= 0.3 is 5.97 Å². The molecule has 1 aliphatic rings. The topological polar surface area (TPSA) is 99.3 Å². The van der Waals surface area contributed by atoms with Crippen LogP contribution in [0.25, 0.3) is 11.0 Å². The summed E-state index contributed by atoms with van der Waals surface area (Å²) >= 11 is 6.47. The Kier molecular flexibility index (Phi) is 5.01. The van der Waals surface area contributed by atoms with E-state index in [0.717, 1.165) is 5.52 Å². The fourth-order valence-corrected chi connectivity index (χ4v) is 3.81. The molecule has 0 bridgehead atoms. The van der Waals surface area contributed by atoms with Gasteiger partial charge in [-0.15, -0.1) is 0 Å². The molecule has 4 rings (SSSR count). The first-order chi connectivity index (χ1) is 14.4. The number of benzene rings is 2. The fourth-order valence-electron chi connectivity index (χ4n) is 3.59. The highest BCUT2D eigenvalue weighted by atomic mass is 35.5. The van der Waals surface area contributed by atoms with Gasteiger partial charge in [-0.1, -0.05) is 36.4 Å². The highest BCUT2D eigenvalue weighted by molar-refractivity contribution is 6.31. The van der Waals surface area contributed by atoms with Crippen molar-refractivity contribution < 1.29 is 14.5 Å². The highest BCUT2D eigenvalue weighted by Gasteiger charge is 2.36. The van der Waals surface area contributed by atoms with Gasteiger partial charge in [-0.05, 0) is 25.1 Å². The Morgan fingerprint density at radius 3 is 2.90 bits per heavy atom. The van der Waals surface area contributed by atoms with Crippen LogP contribution in [-0.2, 0) is 9.53 Å². The number of hydrogen-bond acceptors (Lipinski definition) is 6. The molecule has 1 aromatic heterocycles. The van der Waals surface area contributed by atoms with Crippen LogP contribution in [0.4, 0.5) is 11.6 Å². The van der Waals surface area contributed by atoms with Crippen molar-refractivity contribution in [3.05, 3.63) is 87.1 Å². The predicted octanol–water partition coefficient (Wildman–Crippen LogP) is 4.62. The van der Waals surface area contributed by atoms with Gasteiger partial charge in [-0.3, -0.25) is 14.7 Å². The molecule has 3 aromatic rings. The number of esters is 1. The number of rotatable bonds is 5. The lowest BCUT2D eigenvalue weighted by molar-refractivity contribution is -0.384. The van der Waals surface area contributed by atoms with E-state index in [9.17, 15) is 14.9 Å². The molecule has 0 amide bonds. The Hall–Kier alpha value is -3.65. The average molecular weight is 425 g/mol. The molecule has 1 aliphatic heterocycles. The number of nitro groups is 1.